The van der Waals surface area contributed by atoms with Crippen molar-refractivity contribution in [3.05, 3.63) is 29.6 Å². The fourth-order valence-electron chi connectivity index (χ4n) is 1.65. The largest absolute Gasteiger partial charge is 0.497 e. The van der Waals surface area contributed by atoms with Crippen LogP contribution >= 0.6 is 0 Å². The van der Waals surface area contributed by atoms with Crippen molar-refractivity contribution >= 4 is 5.91 Å². The Morgan fingerprint density at radius 1 is 1.50 bits per heavy atom. The summed E-state index contributed by atoms with van der Waals surface area (Å²) in [6, 6.07) is 3.99. The van der Waals surface area contributed by atoms with Crippen LogP contribution in [0.1, 0.15) is 24.2 Å². The van der Waals surface area contributed by atoms with Gasteiger partial charge in [0, 0.05) is 18.7 Å². The summed E-state index contributed by atoms with van der Waals surface area (Å²) in [5, 5.41) is 8.93. The van der Waals surface area contributed by atoms with Crippen LogP contribution in [0, 0.1) is 5.82 Å². The number of ether oxygens (including phenoxy) is 1. The van der Waals surface area contributed by atoms with Crippen LogP contribution in [0.4, 0.5) is 4.39 Å². The predicted molar refractivity (Wildman–Crippen MR) is 66.2 cm³/mol. The SMILES string of the molecule is COc1ccc(C(=O)N(CCO)C(C)C)c(F)c1. The molecule has 1 aromatic carbocycles. The highest BCUT2D eigenvalue weighted by molar-refractivity contribution is 5.94. The molecule has 1 rings (SSSR count). The number of hydrogen-bond donors (Lipinski definition) is 1. The van der Waals surface area contributed by atoms with Gasteiger partial charge >= 0.3 is 0 Å². The maximum atomic E-state index is 13.8. The molecule has 0 atom stereocenters. The summed E-state index contributed by atoms with van der Waals surface area (Å²) in [4.78, 5) is 13.6. The summed E-state index contributed by atoms with van der Waals surface area (Å²) >= 11 is 0. The summed E-state index contributed by atoms with van der Waals surface area (Å²) in [6.07, 6.45) is 0. The monoisotopic (exact) mass is 255 g/mol. The molecule has 18 heavy (non-hydrogen) atoms. The van der Waals surface area contributed by atoms with Crippen LogP contribution in [-0.4, -0.2) is 42.2 Å². The minimum absolute atomic E-state index is 0.0158. The first-order valence-corrected chi connectivity index (χ1v) is 5.76. The van der Waals surface area contributed by atoms with Crippen molar-refractivity contribution < 1.29 is 19.0 Å². The lowest BCUT2D eigenvalue weighted by Crippen LogP contribution is -2.39. The molecule has 0 saturated carbocycles. The molecule has 0 bridgehead atoms. The van der Waals surface area contributed by atoms with E-state index in [1.54, 1.807) is 0 Å². The third-order valence-corrected chi connectivity index (χ3v) is 2.63. The molecular weight excluding hydrogens is 237 g/mol. The number of aliphatic hydroxyl groups excluding tert-OH is 1. The van der Waals surface area contributed by atoms with Crippen molar-refractivity contribution in [3.63, 3.8) is 0 Å². The molecule has 100 valence electrons. The number of rotatable bonds is 5. The van der Waals surface area contributed by atoms with Crippen LogP contribution in [0.15, 0.2) is 18.2 Å². The highest BCUT2D eigenvalue weighted by Crippen LogP contribution is 2.18. The molecule has 0 saturated heterocycles. The van der Waals surface area contributed by atoms with Gasteiger partial charge in [-0.1, -0.05) is 0 Å². The quantitative estimate of drug-likeness (QED) is 0.870. The zero-order valence-corrected chi connectivity index (χ0v) is 10.8. The highest BCUT2D eigenvalue weighted by Gasteiger charge is 2.21. The summed E-state index contributed by atoms with van der Waals surface area (Å²) < 4.78 is 18.6. The lowest BCUT2D eigenvalue weighted by atomic mass is 10.1. The zero-order valence-electron chi connectivity index (χ0n) is 10.8. The van der Waals surface area contributed by atoms with E-state index in [1.165, 1.54) is 30.2 Å². The van der Waals surface area contributed by atoms with Gasteiger partial charge in [0.2, 0.25) is 0 Å². The lowest BCUT2D eigenvalue weighted by molar-refractivity contribution is 0.0660. The minimum atomic E-state index is -0.622. The molecule has 0 heterocycles. The number of aliphatic hydroxyl groups is 1. The molecule has 0 unspecified atom stereocenters. The summed E-state index contributed by atoms with van der Waals surface area (Å²) in [7, 11) is 1.43. The van der Waals surface area contributed by atoms with E-state index in [-0.39, 0.29) is 24.8 Å². The van der Waals surface area contributed by atoms with Gasteiger partial charge in [0.15, 0.2) is 0 Å². The van der Waals surface area contributed by atoms with Crippen LogP contribution in [0.5, 0.6) is 5.75 Å². The maximum Gasteiger partial charge on any atom is 0.257 e. The Labute approximate surface area is 106 Å². The summed E-state index contributed by atoms with van der Waals surface area (Å²) in [6.45, 7) is 3.66. The van der Waals surface area contributed by atoms with Crippen molar-refractivity contribution in [1.29, 1.82) is 0 Å². The van der Waals surface area contributed by atoms with Crippen LogP contribution in [0.2, 0.25) is 0 Å². The smallest absolute Gasteiger partial charge is 0.257 e. The van der Waals surface area contributed by atoms with E-state index in [4.69, 9.17) is 9.84 Å². The third kappa shape index (κ3) is 3.20. The molecule has 1 aromatic rings. The zero-order chi connectivity index (χ0) is 13.7. The van der Waals surface area contributed by atoms with E-state index in [0.717, 1.165) is 0 Å². The van der Waals surface area contributed by atoms with E-state index in [1.807, 2.05) is 13.8 Å². The number of carbonyl (C=O) groups is 1. The first-order chi connectivity index (χ1) is 8.51. The molecular formula is C13H18FNO3. The molecule has 5 heteroatoms. The molecule has 0 aliphatic heterocycles. The molecule has 0 aromatic heterocycles. The molecule has 1 N–H and O–H groups in total. The van der Waals surface area contributed by atoms with Crippen LogP contribution in [0.3, 0.4) is 0 Å². The first kappa shape index (κ1) is 14.4. The molecule has 0 spiro atoms. The fraction of sp³-hybridized carbons (Fsp3) is 0.462. The van der Waals surface area contributed by atoms with E-state index in [9.17, 15) is 9.18 Å². The second-order valence-corrected chi connectivity index (χ2v) is 4.16. The van der Waals surface area contributed by atoms with Gasteiger partial charge in [-0.2, -0.15) is 0 Å². The molecule has 0 fully saturated rings. The molecule has 0 aliphatic carbocycles. The Bertz CT molecular complexity index is 421. The molecule has 0 radical (unpaired) electrons. The number of benzene rings is 1. The van der Waals surface area contributed by atoms with Crippen molar-refractivity contribution in [2.45, 2.75) is 19.9 Å². The van der Waals surface area contributed by atoms with E-state index in [0.29, 0.717) is 5.75 Å². The van der Waals surface area contributed by atoms with Crippen LogP contribution in [-0.2, 0) is 0 Å². The Kier molecular flexibility index (Phi) is 5.09. The Morgan fingerprint density at radius 2 is 2.17 bits per heavy atom. The van der Waals surface area contributed by atoms with Gasteiger partial charge in [0.25, 0.3) is 5.91 Å². The van der Waals surface area contributed by atoms with E-state index >= 15 is 0 Å². The van der Waals surface area contributed by atoms with Gasteiger partial charge in [0.05, 0.1) is 19.3 Å². The van der Waals surface area contributed by atoms with E-state index < -0.39 is 11.7 Å². The maximum absolute atomic E-state index is 13.8. The Hall–Kier alpha value is -1.62. The van der Waals surface area contributed by atoms with Crippen molar-refractivity contribution in [2.75, 3.05) is 20.3 Å². The topological polar surface area (TPSA) is 49.8 Å². The van der Waals surface area contributed by atoms with Gasteiger partial charge in [-0.3, -0.25) is 4.79 Å². The third-order valence-electron chi connectivity index (χ3n) is 2.63. The van der Waals surface area contributed by atoms with Gasteiger partial charge in [-0.15, -0.1) is 0 Å². The fourth-order valence-corrected chi connectivity index (χ4v) is 1.65. The minimum Gasteiger partial charge on any atom is -0.497 e. The van der Waals surface area contributed by atoms with Crippen LogP contribution in [0.25, 0.3) is 0 Å². The average Bonchev–Trinajstić information content (AvgIpc) is 2.34. The summed E-state index contributed by atoms with van der Waals surface area (Å²) in [5.74, 6) is -0.690. The van der Waals surface area contributed by atoms with Crippen molar-refractivity contribution in [3.8, 4) is 5.75 Å². The first-order valence-electron chi connectivity index (χ1n) is 5.76. The second kappa shape index (κ2) is 6.35. The number of nitrogens with zero attached hydrogens (tertiary/aromatic N) is 1. The van der Waals surface area contributed by atoms with Gasteiger partial charge in [-0.05, 0) is 26.0 Å². The molecule has 4 nitrogen and oxygen atoms in total. The molecule has 0 aliphatic rings. The Morgan fingerprint density at radius 3 is 2.61 bits per heavy atom. The normalized spacial score (nSPS) is 10.6. The van der Waals surface area contributed by atoms with Crippen LogP contribution < -0.4 is 4.74 Å². The highest BCUT2D eigenvalue weighted by atomic mass is 19.1. The number of hydrogen-bond acceptors (Lipinski definition) is 3. The standard InChI is InChI=1S/C13H18FNO3/c1-9(2)15(6-7-16)13(17)11-5-4-10(18-3)8-12(11)14/h4-5,8-9,16H,6-7H2,1-3H3. The number of halogens is 1. The van der Waals surface area contributed by atoms with Gasteiger partial charge in [0.1, 0.15) is 11.6 Å². The predicted octanol–water partition coefficient (Wildman–Crippen LogP) is 1.68. The summed E-state index contributed by atoms with van der Waals surface area (Å²) in [5.41, 5.74) is -0.0158. The molecule has 1 amide bonds. The number of methoxy groups -OCH3 is 1. The average molecular weight is 255 g/mol. The van der Waals surface area contributed by atoms with Gasteiger partial charge in [-0.25, -0.2) is 4.39 Å². The Balaban J connectivity index is 3.01. The number of amides is 1. The van der Waals surface area contributed by atoms with Crippen molar-refractivity contribution in [2.24, 2.45) is 0 Å². The van der Waals surface area contributed by atoms with E-state index in [2.05, 4.69) is 0 Å². The van der Waals surface area contributed by atoms with Crippen molar-refractivity contribution in [1.82, 2.24) is 4.90 Å². The number of carbonyl (C=O) groups excluding carboxylic acids is 1. The van der Waals surface area contributed by atoms with Gasteiger partial charge < -0.3 is 14.7 Å². The second-order valence-electron chi connectivity index (χ2n) is 4.16. The lowest BCUT2D eigenvalue weighted by Gasteiger charge is -2.26.